The number of amidine groups is 1. The Hall–Kier alpha value is -3.80. The standard InChI is InChI=1S/C26H25N3O3/c1-31-20-12-13-21-24(18-20)32-23-11-6-5-10-22(23)27-25(21)28-14-7-15-29(17-16-28)26(30)19-8-3-2-4-9-19/h2-6,8-13,18H,7,14-17H2,1H3. The van der Waals surface area contributed by atoms with Gasteiger partial charge in [-0.25, -0.2) is 4.99 Å². The number of para-hydroxylation sites is 2. The van der Waals surface area contributed by atoms with Crippen molar-refractivity contribution >= 4 is 17.4 Å². The fourth-order valence-electron chi connectivity index (χ4n) is 4.16. The second-order valence-electron chi connectivity index (χ2n) is 7.87. The van der Waals surface area contributed by atoms with Gasteiger partial charge in [0.25, 0.3) is 5.91 Å². The molecule has 1 saturated heterocycles. The van der Waals surface area contributed by atoms with Crippen LogP contribution in [0.4, 0.5) is 5.69 Å². The maximum atomic E-state index is 13.0. The predicted octanol–water partition coefficient (Wildman–Crippen LogP) is 4.73. The number of carbonyl (C=O) groups is 1. The minimum atomic E-state index is 0.0778. The zero-order valence-corrected chi connectivity index (χ0v) is 18.0. The fourth-order valence-corrected chi connectivity index (χ4v) is 4.16. The highest BCUT2D eigenvalue weighted by Crippen LogP contribution is 2.39. The number of fused-ring (bicyclic) bond motifs is 2. The van der Waals surface area contributed by atoms with Gasteiger partial charge in [-0.3, -0.25) is 4.79 Å². The molecule has 0 N–H and O–H groups in total. The molecule has 1 fully saturated rings. The van der Waals surface area contributed by atoms with E-state index in [0.29, 0.717) is 18.8 Å². The third-order valence-corrected chi connectivity index (χ3v) is 5.84. The Morgan fingerprint density at radius 3 is 2.56 bits per heavy atom. The van der Waals surface area contributed by atoms with Crippen LogP contribution in [0.1, 0.15) is 22.3 Å². The molecular formula is C26H25N3O3. The Morgan fingerprint density at radius 2 is 1.72 bits per heavy atom. The van der Waals surface area contributed by atoms with E-state index >= 15 is 0 Å². The van der Waals surface area contributed by atoms with Crippen LogP contribution < -0.4 is 9.47 Å². The summed E-state index contributed by atoms with van der Waals surface area (Å²) in [6, 6.07) is 23.1. The van der Waals surface area contributed by atoms with Gasteiger partial charge in [-0.2, -0.15) is 0 Å². The topological polar surface area (TPSA) is 54.4 Å². The largest absolute Gasteiger partial charge is 0.497 e. The van der Waals surface area contributed by atoms with E-state index in [1.165, 1.54) is 0 Å². The van der Waals surface area contributed by atoms with Gasteiger partial charge in [0.1, 0.15) is 23.0 Å². The van der Waals surface area contributed by atoms with Gasteiger partial charge in [0.15, 0.2) is 5.75 Å². The van der Waals surface area contributed by atoms with E-state index in [2.05, 4.69) is 4.90 Å². The maximum absolute atomic E-state index is 13.0. The lowest BCUT2D eigenvalue weighted by Gasteiger charge is -2.25. The smallest absolute Gasteiger partial charge is 0.253 e. The van der Waals surface area contributed by atoms with Gasteiger partial charge in [-0.15, -0.1) is 0 Å². The third kappa shape index (κ3) is 3.91. The van der Waals surface area contributed by atoms with Crippen LogP contribution in [-0.4, -0.2) is 54.8 Å². The molecule has 32 heavy (non-hydrogen) atoms. The number of nitrogens with zero attached hydrogens (tertiary/aromatic N) is 3. The van der Waals surface area contributed by atoms with E-state index in [4.69, 9.17) is 14.5 Å². The SMILES string of the molecule is COc1ccc2c(c1)Oc1ccccc1N=C2N1CCCN(C(=O)c2ccccc2)CC1. The van der Waals surface area contributed by atoms with Gasteiger partial charge in [0.2, 0.25) is 0 Å². The second-order valence-corrected chi connectivity index (χ2v) is 7.87. The second kappa shape index (κ2) is 8.75. The highest BCUT2D eigenvalue weighted by Gasteiger charge is 2.26. The van der Waals surface area contributed by atoms with Crippen molar-refractivity contribution in [1.29, 1.82) is 0 Å². The summed E-state index contributed by atoms with van der Waals surface area (Å²) in [7, 11) is 1.65. The molecule has 1 amide bonds. The number of rotatable bonds is 2. The molecule has 2 aliphatic rings. The third-order valence-electron chi connectivity index (χ3n) is 5.84. The lowest BCUT2D eigenvalue weighted by molar-refractivity contribution is 0.0764. The molecule has 2 aliphatic heterocycles. The number of hydrogen-bond acceptors (Lipinski definition) is 5. The molecule has 0 aliphatic carbocycles. The van der Waals surface area contributed by atoms with Crippen molar-refractivity contribution in [2.75, 3.05) is 33.3 Å². The van der Waals surface area contributed by atoms with Gasteiger partial charge >= 0.3 is 0 Å². The highest BCUT2D eigenvalue weighted by molar-refractivity contribution is 6.04. The number of amides is 1. The molecule has 0 spiro atoms. The van der Waals surface area contributed by atoms with E-state index in [1.807, 2.05) is 77.7 Å². The van der Waals surface area contributed by atoms with Crippen LogP contribution in [0.3, 0.4) is 0 Å². The Labute approximate surface area is 187 Å². The molecule has 0 unspecified atom stereocenters. The molecule has 162 valence electrons. The summed E-state index contributed by atoms with van der Waals surface area (Å²) in [4.78, 5) is 22.2. The van der Waals surface area contributed by atoms with E-state index in [1.54, 1.807) is 7.11 Å². The zero-order valence-electron chi connectivity index (χ0n) is 18.0. The van der Waals surface area contributed by atoms with Crippen molar-refractivity contribution in [1.82, 2.24) is 9.80 Å². The van der Waals surface area contributed by atoms with E-state index in [0.717, 1.165) is 53.7 Å². The normalized spacial score (nSPS) is 15.5. The van der Waals surface area contributed by atoms with Gasteiger partial charge in [-0.1, -0.05) is 30.3 Å². The van der Waals surface area contributed by atoms with Crippen molar-refractivity contribution in [3.8, 4) is 17.2 Å². The first-order chi connectivity index (χ1) is 15.7. The van der Waals surface area contributed by atoms with Crippen LogP contribution in [-0.2, 0) is 0 Å². The zero-order chi connectivity index (χ0) is 21.9. The number of carbonyl (C=O) groups excluding carboxylic acids is 1. The van der Waals surface area contributed by atoms with Crippen molar-refractivity contribution in [2.45, 2.75) is 6.42 Å². The molecule has 0 aromatic heterocycles. The predicted molar refractivity (Wildman–Crippen MR) is 124 cm³/mol. The van der Waals surface area contributed by atoms with Crippen LogP contribution in [0.15, 0.2) is 77.8 Å². The molecule has 6 nitrogen and oxygen atoms in total. The first-order valence-electron chi connectivity index (χ1n) is 10.9. The quantitative estimate of drug-likeness (QED) is 0.594. The molecule has 0 radical (unpaired) electrons. The average Bonchev–Trinajstić information content (AvgIpc) is 3.18. The summed E-state index contributed by atoms with van der Waals surface area (Å²) in [5.41, 5.74) is 2.44. The van der Waals surface area contributed by atoms with Gasteiger partial charge in [-0.05, 0) is 42.8 Å². The summed E-state index contributed by atoms with van der Waals surface area (Å²) in [5, 5.41) is 0. The average molecular weight is 428 g/mol. The minimum Gasteiger partial charge on any atom is -0.497 e. The Kier molecular flexibility index (Phi) is 5.50. The molecule has 0 bridgehead atoms. The summed E-state index contributed by atoms with van der Waals surface area (Å²) in [6.07, 6.45) is 0.867. The monoisotopic (exact) mass is 427 g/mol. The minimum absolute atomic E-state index is 0.0778. The van der Waals surface area contributed by atoms with E-state index in [-0.39, 0.29) is 5.91 Å². The first kappa shape index (κ1) is 20.1. The maximum Gasteiger partial charge on any atom is 0.253 e. The van der Waals surface area contributed by atoms with E-state index < -0.39 is 0 Å². The molecule has 3 aromatic rings. The molecule has 0 saturated carbocycles. The number of aliphatic imine (C=N–C) groups is 1. The van der Waals surface area contributed by atoms with Crippen molar-refractivity contribution in [2.24, 2.45) is 4.99 Å². The van der Waals surface area contributed by atoms with E-state index in [9.17, 15) is 4.79 Å². The van der Waals surface area contributed by atoms with Crippen LogP contribution in [0.2, 0.25) is 0 Å². The molecule has 3 aromatic carbocycles. The molecular weight excluding hydrogens is 402 g/mol. The lowest BCUT2D eigenvalue weighted by atomic mass is 10.1. The Bertz CT molecular complexity index is 1160. The summed E-state index contributed by atoms with van der Waals surface area (Å²) in [5.74, 6) is 3.11. The van der Waals surface area contributed by atoms with Gasteiger partial charge < -0.3 is 19.3 Å². The van der Waals surface area contributed by atoms with Gasteiger partial charge in [0, 0.05) is 37.8 Å². The number of benzene rings is 3. The van der Waals surface area contributed by atoms with Crippen molar-refractivity contribution < 1.29 is 14.3 Å². The van der Waals surface area contributed by atoms with Crippen LogP contribution in [0, 0.1) is 0 Å². The molecule has 2 heterocycles. The van der Waals surface area contributed by atoms with Gasteiger partial charge in [0.05, 0.1) is 12.7 Å². The first-order valence-corrected chi connectivity index (χ1v) is 10.9. The summed E-state index contributed by atoms with van der Waals surface area (Å²) >= 11 is 0. The van der Waals surface area contributed by atoms with Crippen LogP contribution in [0.5, 0.6) is 17.2 Å². The number of ether oxygens (including phenoxy) is 2. The number of hydrogen-bond donors (Lipinski definition) is 0. The van der Waals surface area contributed by atoms with Crippen molar-refractivity contribution in [3.63, 3.8) is 0 Å². The van der Waals surface area contributed by atoms with Crippen LogP contribution in [0.25, 0.3) is 0 Å². The van der Waals surface area contributed by atoms with Crippen LogP contribution >= 0.6 is 0 Å². The summed E-state index contributed by atoms with van der Waals surface area (Å²) in [6.45, 7) is 2.87. The lowest BCUT2D eigenvalue weighted by Crippen LogP contribution is -2.37. The fraction of sp³-hybridized carbons (Fsp3) is 0.231. The van der Waals surface area contributed by atoms with Crippen molar-refractivity contribution in [3.05, 3.63) is 83.9 Å². The Balaban J connectivity index is 1.46. The Morgan fingerprint density at radius 1 is 0.906 bits per heavy atom. The number of methoxy groups -OCH3 is 1. The molecule has 6 heteroatoms. The molecule has 0 atom stereocenters. The highest BCUT2D eigenvalue weighted by atomic mass is 16.5. The molecule has 5 rings (SSSR count). The summed E-state index contributed by atoms with van der Waals surface area (Å²) < 4.78 is 11.6.